The van der Waals surface area contributed by atoms with Gasteiger partial charge in [-0.2, -0.15) is 0 Å². The predicted octanol–water partition coefficient (Wildman–Crippen LogP) is 2.11. The molecule has 1 aliphatic carbocycles. The zero-order valence-electron chi connectivity index (χ0n) is 10.8. The van der Waals surface area contributed by atoms with Crippen molar-refractivity contribution in [1.82, 2.24) is 0 Å². The molecule has 1 aromatic carbocycles. The van der Waals surface area contributed by atoms with E-state index in [0.29, 0.717) is 11.3 Å². The number of nitrogens with two attached hydrogens (primary N) is 1. The molecule has 1 amide bonds. The van der Waals surface area contributed by atoms with Gasteiger partial charge in [-0.3, -0.25) is 14.9 Å². The van der Waals surface area contributed by atoms with Gasteiger partial charge in [0.2, 0.25) is 5.91 Å². The normalized spacial score (nSPS) is 16.5. The second-order valence-electron chi connectivity index (χ2n) is 5.20. The highest BCUT2D eigenvalue weighted by Gasteiger charge is 2.34. The third-order valence-electron chi connectivity index (χ3n) is 3.55. The summed E-state index contributed by atoms with van der Waals surface area (Å²) in [7, 11) is 0. The van der Waals surface area contributed by atoms with Crippen LogP contribution in [0.2, 0.25) is 0 Å². The Labute approximate surface area is 111 Å². The number of carbonyl (C=O) groups is 1. The van der Waals surface area contributed by atoms with Crippen LogP contribution in [0.15, 0.2) is 18.2 Å². The fourth-order valence-electron chi connectivity index (χ4n) is 2.22. The highest BCUT2D eigenvalue weighted by atomic mass is 16.6. The van der Waals surface area contributed by atoms with Crippen LogP contribution in [-0.2, 0) is 4.79 Å². The molecule has 0 atom stereocenters. The minimum absolute atomic E-state index is 0.00362. The van der Waals surface area contributed by atoms with E-state index in [-0.39, 0.29) is 23.6 Å². The van der Waals surface area contributed by atoms with Crippen LogP contribution >= 0.6 is 0 Å². The van der Waals surface area contributed by atoms with Crippen LogP contribution in [0.1, 0.15) is 31.2 Å². The van der Waals surface area contributed by atoms with Gasteiger partial charge in [0.05, 0.1) is 4.92 Å². The molecule has 0 heterocycles. The molecule has 1 fully saturated rings. The number of nitro benzene ring substituents is 1. The number of anilines is 1. The van der Waals surface area contributed by atoms with Crippen molar-refractivity contribution in [1.29, 1.82) is 0 Å². The molecule has 0 saturated heterocycles. The van der Waals surface area contributed by atoms with Gasteiger partial charge < -0.3 is 11.1 Å². The van der Waals surface area contributed by atoms with Gasteiger partial charge >= 0.3 is 0 Å². The summed E-state index contributed by atoms with van der Waals surface area (Å²) in [6, 6.07) is 4.65. The monoisotopic (exact) mass is 263 g/mol. The standard InChI is InChI=1S/C13H17N3O3/c1-9-3-4-10(7-11(9)16(18)19)15-12(17)8-13(14)5-2-6-13/h3-4,7H,2,5-6,8,14H2,1H3,(H,15,17). The molecule has 0 spiro atoms. The average Bonchev–Trinajstić information content (AvgIpc) is 2.29. The number of hydrogen-bond acceptors (Lipinski definition) is 4. The van der Waals surface area contributed by atoms with Crippen LogP contribution in [0, 0.1) is 17.0 Å². The smallest absolute Gasteiger partial charge is 0.274 e. The highest BCUT2D eigenvalue weighted by molar-refractivity contribution is 5.92. The fourth-order valence-corrected chi connectivity index (χ4v) is 2.22. The van der Waals surface area contributed by atoms with Gasteiger partial charge in [0.15, 0.2) is 0 Å². The number of rotatable bonds is 4. The van der Waals surface area contributed by atoms with Crippen LogP contribution < -0.4 is 11.1 Å². The SMILES string of the molecule is Cc1ccc(NC(=O)CC2(N)CCC2)cc1[N+](=O)[O-]. The maximum Gasteiger partial charge on any atom is 0.274 e. The zero-order chi connectivity index (χ0) is 14.0. The fraction of sp³-hybridized carbons (Fsp3) is 0.462. The summed E-state index contributed by atoms with van der Waals surface area (Å²) in [6.45, 7) is 1.66. The Morgan fingerprint density at radius 2 is 2.21 bits per heavy atom. The van der Waals surface area contributed by atoms with E-state index in [0.717, 1.165) is 19.3 Å². The number of nitrogens with one attached hydrogen (secondary N) is 1. The molecule has 1 aliphatic rings. The van der Waals surface area contributed by atoms with Gasteiger partial charge in [-0.05, 0) is 32.3 Å². The van der Waals surface area contributed by atoms with Crippen molar-refractivity contribution in [2.45, 2.75) is 38.1 Å². The van der Waals surface area contributed by atoms with Crippen LogP contribution in [0.3, 0.4) is 0 Å². The Kier molecular flexibility index (Phi) is 3.53. The van der Waals surface area contributed by atoms with Crippen molar-refractivity contribution in [3.8, 4) is 0 Å². The number of amides is 1. The Morgan fingerprint density at radius 1 is 1.53 bits per heavy atom. The first kappa shape index (κ1) is 13.5. The molecule has 0 aliphatic heterocycles. The molecule has 2 rings (SSSR count). The molecule has 1 aromatic rings. The van der Waals surface area contributed by atoms with E-state index < -0.39 is 4.92 Å². The lowest BCUT2D eigenvalue weighted by molar-refractivity contribution is -0.385. The molecule has 102 valence electrons. The van der Waals surface area contributed by atoms with Crippen molar-refractivity contribution in [3.63, 3.8) is 0 Å². The first-order chi connectivity index (χ1) is 8.89. The number of benzene rings is 1. The van der Waals surface area contributed by atoms with E-state index in [1.807, 2.05) is 0 Å². The van der Waals surface area contributed by atoms with E-state index in [9.17, 15) is 14.9 Å². The third-order valence-corrected chi connectivity index (χ3v) is 3.55. The average molecular weight is 263 g/mol. The van der Waals surface area contributed by atoms with Crippen molar-refractivity contribution in [2.24, 2.45) is 5.73 Å². The van der Waals surface area contributed by atoms with E-state index in [2.05, 4.69) is 5.32 Å². The second kappa shape index (κ2) is 4.97. The van der Waals surface area contributed by atoms with Gasteiger partial charge in [-0.1, -0.05) is 6.07 Å². The maximum absolute atomic E-state index is 11.8. The quantitative estimate of drug-likeness (QED) is 0.642. The van der Waals surface area contributed by atoms with Crippen LogP contribution in [-0.4, -0.2) is 16.4 Å². The maximum atomic E-state index is 11.8. The van der Waals surface area contributed by atoms with Crippen molar-refractivity contribution in [2.75, 3.05) is 5.32 Å². The number of nitro groups is 1. The summed E-state index contributed by atoms with van der Waals surface area (Å²) in [5.41, 5.74) is 6.61. The molecule has 6 heteroatoms. The van der Waals surface area contributed by atoms with Gasteiger partial charge in [0, 0.05) is 29.3 Å². The summed E-state index contributed by atoms with van der Waals surface area (Å²) in [5, 5.41) is 13.5. The van der Waals surface area contributed by atoms with Crippen molar-refractivity contribution in [3.05, 3.63) is 33.9 Å². The first-order valence-corrected chi connectivity index (χ1v) is 6.23. The summed E-state index contributed by atoms with van der Waals surface area (Å²) in [4.78, 5) is 22.2. The number of nitrogens with zero attached hydrogens (tertiary/aromatic N) is 1. The van der Waals surface area contributed by atoms with Gasteiger partial charge in [-0.15, -0.1) is 0 Å². The molecular formula is C13H17N3O3. The third kappa shape index (κ3) is 3.08. The topological polar surface area (TPSA) is 98.3 Å². The molecule has 3 N–H and O–H groups in total. The van der Waals surface area contributed by atoms with Crippen LogP contribution in [0.5, 0.6) is 0 Å². The predicted molar refractivity (Wildman–Crippen MR) is 71.8 cm³/mol. The summed E-state index contributed by atoms with van der Waals surface area (Å²) in [5.74, 6) is -0.194. The largest absolute Gasteiger partial charge is 0.326 e. The van der Waals surface area contributed by atoms with Gasteiger partial charge in [0.25, 0.3) is 5.69 Å². The Morgan fingerprint density at radius 3 is 2.74 bits per heavy atom. The lowest BCUT2D eigenvalue weighted by Gasteiger charge is -2.37. The van der Waals surface area contributed by atoms with Crippen LogP contribution in [0.25, 0.3) is 0 Å². The van der Waals surface area contributed by atoms with Crippen LogP contribution in [0.4, 0.5) is 11.4 Å². The van der Waals surface area contributed by atoms with E-state index >= 15 is 0 Å². The molecule has 0 unspecified atom stereocenters. The molecule has 0 aromatic heterocycles. The number of aryl methyl sites for hydroxylation is 1. The van der Waals surface area contributed by atoms with E-state index in [1.54, 1.807) is 19.1 Å². The van der Waals surface area contributed by atoms with E-state index in [4.69, 9.17) is 5.73 Å². The summed E-state index contributed by atoms with van der Waals surface area (Å²) in [6.07, 6.45) is 3.03. The second-order valence-corrected chi connectivity index (χ2v) is 5.20. The highest BCUT2D eigenvalue weighted by Crippen LogP contribution is 2.32. The number of hydrogen-bond donors (Lipinski definition) is 2. The molecule has 6 nitrogen and oxygen atoms in total. The Balaban J connectivity index is 2.04. The molecule has 0 radical (unpaired) electrons. The Hall–Kier alpha value is -1.95. The lowest BCUT2D eigenvalue weighted by atomic mass is 9.75. The van der Waals surface area contributed by atoms with Gasteiger partial charge in [-0.25, -0.2) is 0 Å². The summed E-state index contributed by atoms with van der Waals surface area (Å²) < 4.78 is 0. The molecule has 0 bridgehead atoms. The Bertz CT molecular complexity index is 524. The number of carbonyl (C=O) groups excluding carboxylic acids is 1. The molecule has 1 saturated carbocycles. The van der Waals surface area contributed by atoms with Crippen molar-refractivity contribution >= 4 is 17.3 Å². The van der Waals surface area contributed by atoms with Crippen molar-refractivity contribution < 1.29 is 9.72 Å². The molecule has 19 heavy (non-hydrogen) atoms. The minimum Gasteiger partial charge on any atom is -0.326 e. The first-order valence-electron chi connectivity index (χ1n) is 6.23. The summed E-state index contributed by atoms with van der Waals surface area (Å²) >= 11 is 0. The van der Waals surface area contributed by atoms with E-state index in [1.165, 1.54) is 6.07 Å². The minimum atomic E-state index is -0.457. The lowest BCUT2D eigenvalue weighted by Crippen LogP contribution is -2.48. The zero-order valence-corrected chi connectivity index (χ0v) is 10.8. The molecular weight excluding hydrogens is 246 g/mol. The van der Waals surface area contributed by atoms with Gasteiger partial charge in [0.1, 0.15) is 0 Å².